The molecule has 3 nitrogen and oxygen atoms in total. The van der Waals surface area contributed by atoms with Gasteiger partial charge >= 0.3 is 0 Å². The van der Waals surface area contributed by atoms with Gasteiger partial charge in [-0.3, -0.25) is 0 Å². The summed E-state index contributed by atoms with van der Waals surface area (Å²) >= 11 is 6.16. The van der Waals surface area contributed by atoms with Gasteiger partial charge in [-0.15, -0.1) is 0 Å². The molecule has 2 heterocycles. The molecule has 0 atom stereocenters. The zero-order valence-electron chi connectivity index (χ0n) is 10.4. The van der Waals surface area contributed by atoms with Gasteiger partial charge in [0.15, 0.2) is 5.82 Å². The fourth-order valence-electron chi connectivity index (χ4n) is 1.97. The van der Waals surface area contributed by atoms with Crippen LogP contribution in [-0.2, 0) is 0 Å². The van der Waals surface area contributed by atoms with E-state index in [1.807, 2.05) is 55.5 Å². The first-order valence-electron chi connectivity index (χ1n) is 5.98. The Kier molecular flexibility index (Phi) is 3.05. The molecule has 0 saturated carbocycles. The Bertz CT molecular complexity index is 704. The highest BCUT2D eigenvalue weighted by atomic mass is 35.5. The van der Waals surface area contributed by atoms with Gasteiger partial charge in [0.2, 0.25) is 0 Å². The second-order valence-corrected chi connectivity index (χ2v) is 4.66. The molecule has 94 valence electrons. The number of aryl methyl sites for hydroxylation is 1. The van der Waals surface area contributed by atoms with Gasteiger partial charge in [0.25, 0.3) is 0 Å². The van der Waals surface area contributed by atoms with Crippen LogP contribution in [0.15, 0.2) is 54.7 Å². The first-order valence-corrected chi connectivity index (χ1v) is 6.36. The van der Waals surface area contributed by atoms with Crippen LogP contribution >= 0.6 is 11.6 Å². The molecule has 0 radical (unpaired) electrons. The second-order valence-electron chi connectivity index (χ2n) is 4.26. The van der Waals surface area contributed by atoms with E-state index in [-0.39, 0.29) is 0 Å². The van der Waals surface area contributed by atoms with Crippen molar-refractivity contribution < 1.29 is 0 Å². The van der Waals surface area contributed by atoms with Crippen molar-refractivity contribution in [3.63, 3.8) is 0 Å². The molecule has 3 rings (SSSR count). The minimum atomic E-state index is 0.591. The van der Waals surface area contributed by atoms with E-state index in [0.29, 0.717) is 10.8 Å². The summed E-state index contributed by atoms with van der Waals surface area (Å²) in [4.78, 5) is 4.28. The van der Waals surface area contributed by atoms with E-state index in [2.05, 4.69) is 10.1 Å². The minimum absolute atomic E-state index is 0.591. The number of aromatic nitrogens is 3. The SMILES string of the molecule is Cc1cc(-c2ccccc2)nn1-c1ncccc1Cl. The van der Waals surface area contributed by atoms with Crippen molar-refractivity contribution in [3.05, 3.63) is 65.4 Å². The zero-order chi connectivity index (χ0) is 13.2. The number of nitrogens with zero attached hydrogens (tertiary/aromatic N) is 3. The lowest BCUT2D eigenvalue weighted by Crippen LogP contribution is -2.02. The first-order chi connectivity index (χ1) is 9.25. The van der Waals surface area contributed by atoms with Crippen molar-refractivity contribution in [1.82, 2.24) is 14.8 Å². The minimum Gasteiger partial charge on any atom is -0.236 e. The third-order valence-corrected chi connectivity index (χ3v) is 3.19. The van der Waals surface area contributed by atoms with Gasteiger partial charge in [0.05, 0.1) is 10.7 Å². The Hall–Kier alpha value is -2.13. The Balaban J connectivity index is 2.11. The molecule has 1 aromatic carbocycles. The molecule has 0 N–H and O–H groups in total. The molecule has 0 bridgehead atoms. The van der Waals surface area contributed by atoms with Gasteiger partial charge in [-0.1, -0.05) is 41.9 Å². The van der Waals surface area contributed by atoms with Gasteiger partial charge in [0.1, 0.15) is 0 Å². The lowest BCUT2D eigenvalue weighted by Gasteiger charge is -2.04. The third kappa shape index (κ3) is 2.25. The van der Waals surface area contributed by atoms with Gasteiger partial charge in [-0.2, -0.15) is 5.10 Å². The van der Waals surface area contributed by atoms with Crippen molar-refractivity contribution >= 4 is 11.6 Å². The molecule has 4 heteroatoms. The monoisotopic (exact) mass is 269 g/mol. The lowest BCUT2D eigenvalue weighted by molar-refractivity contribution is 0.820. The topological polar surface area (TPSA) is 30.7 Å². The highest BCUT2D eigenvalue weighted by molar-refractivity contribution is 6.32. The quantitative estimate of drug-likeness (QED) is 0.706. The number of hydrogen-bond donors (Lipinski definition) is 0. The maximum absolute atomic E-state index is 6.16. The number of rotatable bonds is 2. The summed E-state index contributed by atoms with van der Waals surface area (Å²) in [7, 11) is 0. The van der Waals surface area contributed by atoms with Crippen molar-refractivity contribution in [2.45, 2.75) is 6.92 Å². The molecule has 0 aliphatic carbocycles. The normalized spacial score (nSPS) is 10.6. The molecule has 19 heavy (non-hydrogen) atoms. The van der Waals surface area contributed by atoms with Gasteiger partial charge < -0.3 is 0 Å². The molecule has 0 fully saturated rings. The number of benzene rings is 1. The van der Waals surface area contributed by atoms with Gasteiger partial charge in [-0.25, -0.2) is 9.67 Å². The van der Waals surface area contributed by atoms with Crippen LogP contribution < -0.4 is 0 Å². The Morgan fingerprint density at radius 3 is 2.58 bits per heavy atom. The summed E-state index contributed by atoms with van der Waals surface area (Å²) in [6, 6.07) is 15.7. The van der Waals surface area contributed by atoms with Crippen LogP contribution in [0.4, 0.5) is 0 Å². The molecule has 0 saturated heterocycles. The molecule has 0 unspecified atom stereocenters. The van der Waals surface area contributed by atoms with E-state index in [4.69, 9.17) is 11.6 Å². The van der Waals surface area contributed by atoms with E-state index in [1.165, 1.54) is 0 Å². The highest BCUT2D eigenvalue weighted by Crippen LogP contribution is 2.23. The van der Waals surface area contributed by atoms with E-state index in [1.54, 1.807) is 10.9 Å². The Morgan fingerprint density at radius 1 is 1.05 bits per heavy atom. The molecule has 0 aliphatic rings. The standard InChI is InChI=1S/C15H12ClN3/c1-11-10-14(12-6-3-2-4-7-12)18-19(11)15-13(16)8-5-9-17-15/h2-10H,1H3. The van der Waals surface area contributed by atoms with Crippen molar-refractivity contribution in [3.8, 4) is 17.1 Å². The van der Waals surface area contributed by atoms with Crippen LogP contribution in [0.5, 0.6) is 0 Å². The van der Waals surface area contributed by atoms with E-state index >= 15 is 0 Å². The summed E-state index contributed by atoms with van der Waals surface area (Å²) in [6.45, 7) is 1.99. The first kappa shape index (κ1) is 11.9. The van der Waals surface area contributed by atoms with Crippen molar-refractivity contribution in [2.75, 3.05) is 0 Å². The molecule has 0 aliphatic heterocycles. The average Bonchev–Trinajstić information content (AvgIpc) is 2.82. The number of halogens is 1. The summed E-state index contributed by atoms with van der Waals surface area (Å²) in [6.07, 6.45) is 1.71. The predicted molar refractivity (Wildman–Crippen MR) is 76.5 cm³/mol. The lowest BCUT2D eigenvalue weighted by atomic mass is 10.1. The fourth-order valence-corrected chi connectivity index (χ4v) is 2.17. The van der Waals surface area contributed by atoms with E-state index in [0.717, 1.165) is 17.0 Å². The zero-order valence-corrected chi connectivity index (χ0v) is 11.2. The molecule has 0 spiro atoms. The summed E-state index contributed by atoms with van der Waals surface area (Å²) in [5.74, 6) is 0.656. The van der Waals surface area contributed by atoms with Gasteiger partial charge in [-0.05, 0) is 25.1 Å². The summed E-state index contributed by atoms with van der Waals surface area (Å²) < 4.78 is 1.77. The molecule has 3 aromatic rings. The van der Waals surface area contributed by atoms with Crippen LogP contribution in [0.1, 0.15) is 5.69 Å². The largest absolute Gasteiger partial charge is 0.236 e. The summed E-state index contributed by atoms with van der Waals surface area (Å²) in [5.41, 5.74) is 3.00. The molecular weight excluding hydrogens is 258 g/mol. The number of pyridine rings is 1. The smallest absolute Gasteiger partial charge is 0.172 e. The van der Waals surface area contributed by atoms with Crippen LogP contribution in [0.3, 0.4) is 0 Å². The molecular formula is C15H12ClN3. The van der Waals surface area contributed by atoms with E-state index in [9.17, 15) is 0 Å². The fraction of sp³-hybridized carbons (Fsp3) is 0.0667. The number of hydrogen-bond acceptors (Lipinski definition) is 2. The Labute approximate surface area is 116 Å². The van der Waals surface area contributed by atoms with Crippen LogP contribution in [0.25, 0.3) is 17.1 Å². The Morgan fingerprint density at radius 2 is 1.84 bits per heavy atom. The maximum Gasteiger partial charge on any atom is 0.172 e. The molecule has 2 aromatic heterocycles. The third-order valence-electron chi connectivity index (χ3n) is 2.90. The van der Waals surface area contributed by atoms with Crippen molar-refractivity contribution in [1.29, 1.82) is 0 Å². The van der Waals surface area contributed by atoms with Crippen LogP contribution in [0, 0.1) is 6.92 Å². The van der Waals surface area contributed by atoms with E-state index < -0.39 is 0 Å². The highest BCUT2D eigenvalue weighted by Gasteiger charge is 2.11. The van der Waals surface area contributed by atoms with Crippen LogP contribution in [-0.4, -0.2) is 14.8 Å². The molecule has 0 amide bonds. The van der Waals surface area contributed by atoms with Crippen molar-refractivity contribution in [2.24, 2.45) is 0 Å². The second kappa shape index (κ2) is 4.86. The maximum atomic E-state index is 6.16. The average molecular weight is 270 g/mol. The predicted octanol–water partition coefficient (Wildman–Crippen LogP) is 3.90. The van der Waals surface area contributed by atoms with Crippen LogP contribution in [0.2, 0.25) is 5.02 Å². The summed E-state index contributed by atoms with van der Waals surface area (Å²) in [5, 5.41) is 5.17. The van der Waals surface area contributed by atoms with Gasteiger partial charge in [0, 0.05) is 17.5 Å².